The van der Waals surface area contributed by atoms with Gasteiger partial charge in [0.2, 0.25) is 11.9 Å². The molecule has 1 unspecified atom stereocenters. The predicted molar refractivity (Wildman–Crippen MR) is 75.2 cm³/mol. The fraction of sp³-hybridized carbons (Fsp3) is 0.643. The Morgan fingerprint density at radius 3 is 3.00 bits per heavy atom. The van der Waals surface area contributed by atoms with Crippen molar-refractivity contribution in [1.29, 1.82) is 0 Å². The third kappa shape index (κ3) is 3.43. The van der Waals surface area contributed by atoms with Crippen molar-refractivity contribution in [3.63, 3.8) is 0 Å². The topological polar surface area (TPSA) is 58.1 Å². The second-order valence-electron chi connectivity index (χ2n) is 5.14. The Hall–Kier alpha value is -1.65. The van der Waals surface area contributed by atoms with Gasteiger partial charge in [0, 0.05) is 37.4 Å². The molecule has 1 fully saturated rings. The molecular weight excluding hydrogens is 240 g/mol. The van der Waals surface area contributed by atoms with Gasteiger partial charge in [-0.15, -0.1) is 0 Å². The first kappa shape index (κ1) is 13.8. The highest BCUT2D eigenvalue weighted by Gasteiger charge is 2.22. The summed E-state index contributed by atoms with van der Waals surface area (Å²) >= 11 is 0. The molecule has 0 bridgehead atoms. The lowest BCUT2D eigenvalue weighted by Gasteiger charge is -2.33. The summed E-state index contributed by atoms with van der Waals surface area (Å²) in [5.74, 6) is 0.895. The largest absolute Gasteiger partial charge is 0.352 e. The van der Waals surface area contributed by atoms with Crippen molar-refractivity contribution in [2.24, 2.45) is 0 Å². The number of aryl methyl sites for hydroxylation is 2. The Labute approximate surface area is 114 Å². The highest BCUT2D eigenvalue weighted by molar-refractivity contribution is 5.75. The van der Waals surface area contributed by atoms with Crippen LogP contribution in [0.2, 0.25) is 0 Å². The second-order valence-corrected chi connectivity index (χ2v) is 5.14. The number of nitrogens with zero attached hydrogens (tertiary/aromatic N) is 3. The van der Waals surface area contributed by atoms with Crippen molar-refractivity contribution in [3.8, 4) is 0 Å². The zero-order valence-corrected chi connectivity index (χ0v) is 11.9. The number of piperidine rings is 1. The third-order valence-electron chi connectivity index (χ3n) is 3.60. The quantitative estimate of drug-likeness (QED) is 0.898. The number of aromatic nitrogens is 2. The summed E-state index contributed by atoms with van der Waals surface area (Å²) in [5.41, 5.74) is 2.13. The van der Waals surface area contributed by atoms with Crippen molar-refractivity contribution in [1.82, 2.24) is 15.3 Å². The van der Waals surface area contributed by atoms with E-state index in [0.717, 1.165) is 43.1 Å². The molecule has 104 valence electrons. The first-order valence-corrected chi connectivity index (χ1v) is 6.94. The lowest BCUT2D eigenvalue weighted by Crippen LogP contribution is -2.48. The highest BCUT2D eigenvalue weighted by atomic mass is 16.1. The number of anilines is 1. The minimum Gasteiger partial charge on any atom is -0.352 e. The number of carbonyl (C=O) groups excluding carboxylic acids is 1. The van der Waals surface area contributed by atoms with Crippen molar-refractivity contribution in [3.05, 3.63) is 17.5 Å². The molecule has 5 heteroatoms. The van der Waals surface area contributed by atoms with Gasteiger partial charge < -0.3 is 10.2 Å². The van der Waals surface area contributed by atoms with E-state index in [2.05, 4.69) is 20.2 Å². The summed E-state index contributed by atoms with van der Waals surface area (Å²) in [6.07, 6.45) is 4.50. The maximum atomic E-state index is 11.5. The van der Waals surface area contributed by atoms with Crippen LogP contribution < -0.4 is 10.2 Å². The number of nitrogens with one attached hydrogen (secondary N) is 1. The van der Waals surface area contributed by atoms with Crippen LogP contribution in [0.5, 0.6) is 0 Å². The van der Waals surface area contributed by atoms with Crippen molar-refractivity contribution in [2.45, 2.75) is 46.1 Å². The Balaban J connectivity index is 2.04. The zero-order valence-electron chi connectivity index (χ0n) is 11.9. The molecule has 1 aliphatic heterocycles. The van der Waals surface area contributed by atoms with Gasteiger partial charge in [0.05, 0.1) is 0 Å². The number of amides is 1. The molecule has 0 aliphatic carbocycles. The number of carbonyl (C=O) groups is 1. The maximum Gasteiger partial charge on any atom is 0.225 e. The van der Waals surface area contributed by atoms with Crippen LogP contribution in [0.25, 0.3) is 0 Å². The zero-order chi connectivity index (χ0) is 13.8. The van der Waals surface area contributed by atoms with E-state index in [9.17, 15) is 4.79 Å². The molecule has 1 aromatic heterocycles. The van der Waals surface area contributed by atoms with Crippen LogP contribution in [0.4, 0.5) is 5.95 Å². The van der Waals surface area contributed by atoms with Crippen LogP contribution in [0.1, 0.15) is 37.4 Å². The van der Waals surface area contributed by atoms with Crippen molar-refractivity contribution >= 4 is 11.9 Å². The van der Waals surface area contributed by atoms with Gasteiger partial charge in [-0.25, -0.2) is 9.97 Å². The van der Waals surface area contributed by atoms with Gasteiger partial charge in [-0.2, -0.15) is 0 Å². The molecule has 1 aliphatic rings. The minimum absolute atomic E-state index is 0.118. The third-order valence-corrected chi connectivity index (χ3v) is 3.60. The van der Waals surface area contributed by atoms with Gasteiger partial charge in [-0.1, -0.05) is 6.92 Å². The molecular formula is C14H22N4O. The summed E-state index contributed by atoms with van der Waals surface area (Å²) in [6, 6.07) is 0.214. The monoisotopic (exact) mass is 262 g/mol. The molecule has 2 rings (SSSR count). The van der Waals surface area contributed by atoms with Crippen LogP contribution >= 0.6 is 0 Å². The average molecular weight is 262 g/mol. The normalized spacial score (nSPS) is 19.3. The van der Waals surface area contributed by atoms with Gasteiger partial charge in [-0.3, -0.25) is 4.79 Å². The van der Waals surface area contributed by atoms with Gasteiger partial charge >= 0.3 is 0 Å². The Kier molecular flexibility index (Phi) is 4.35. The van der Waals surface area contributed by atoms with Crippen LogP contribution in [0.3, 0.4) is 0 Å². The molecule has 5 nitrogen and oxygen atoms in total. The number of hydrogen-bond donors (Lipinski definition) is 1. The summed E-state index contributed by atoms with van der Waals surface area (Å²) in [5, 5.41) is 3.06. The van der Waals surface area contributed by atoms with Crippen LogP contribution in [0.15, 0.2) is 6.20 Å². The lowest BCUT2D eigenvalue weighted by molar-refractivity contribution is -0.121. The first-order valence-electron chi connectivity index (χ1n) is 6.94. The molecule has 0 spiro atoms. The molecule has 1 N–H and O–H groups in total. The van der Waals surface area contributed by atoms with E-state index in [-0.39, 0.29) is 11.9 Å². The minimum atomic E-state index is 0.118. The molecule has 1 aromatic rings. The molecule has 0 radical (unpaired) electrons. The summed E-state index contributed by atoms with van der Waals surface area (Å²) < 4.78 is 0. The molecule has 0 aromatic carbocycles. The SMILES string of the molecule is CCC(=O)NC1CCCN(c2ncc(C)c(C)n2)C1. The second kappa shape index (κ2) is 5.99. The number of hydrogen-bond acceptors (Lipinski definition) is 4. The molecule has 19 heavy (non-hydrogen) atoms. The maximum absolute atomic E-state index is 11.5. The standard InChI is InChI=1S/C14H22N4O/c1-4-13(19)17-12-6-5-7-18(9-12)14-15-8-10(2)11(3)16-14/h8,12H,4-7,9H2,1-3H3,(H,17,19). The van der Waals surface area contributed by atoms with E-state index in [1.807, 2.05) is 27.0 Å². The summed E-state index contributed by atoms with van der Waals surface area (Å²) in [6.45, 7) is 7.65. The molecule has 1 saturated heterocycles. The smallest absolute Gasteiger partial charge is 0.225 e. The molecule has 0 saturated carbocycles. The van der Waals surface area contributed by atoms with E-state index in [0.29, 0.717) is 6.42 Å². The fourth-order valence-electron chi connectivity index (χ4n) is 2.27. The van der Waals surface area contributed by atoms with E-state index in [1.165, 1.54) is 0 Å². The van der Waals surface area contributed by atoms with Gasteiger partial charge in [0.1, 0.15) is 0 Å². The predicted octanol–water partition coefficient (Wildman–Crippen LogP) is 1.59. The van der Waals surface area contributed by atoms with E-state index in [1.54, 1.807) is 0 Å². The van der Waals surface area contributed by atoms with E-state index < -0.39 is 0 Å². The highest BCUT2D eigenvalue weighted by Crippen LogP contribution is 2.17. The fourth-order valence-corrected chi connectivity index (χ4v) is 2.27. The van der Waals surface area contributed by atoms with E-state index >= 15 is 0 Å². The number of rotatable bonds is 3. The Morgan fingerprint density at radius 2 is 2.32 bits per heavy atom. The molecule has 2 heterocycles. The van der Waals surface area contributed by atoms with Gasteiger partial charge in [-0.05, 0) is 32.3 Å². The molecule has 1 amide bonds. The van der Waals surface area contributed by atoms with Crippen LogP contribution in [-0.4, -0.2) is 35.0 Å². The van der Waals surface area contributed by atoms with Crippen LogP contribution in [0, 0.1) is 13.8 Å². The van der Waals surface area contributed by atoms with Gasteiger partial charge in [0.15, 0.2) is 0 Å². The van der Waals surface area contributed by atoms with E-state index in [4.69, 9.17) is 0 Å². The lowest BCUT2D eigenvalue weighted by atomic mass is 10.1. The Bertz CT molecular complexity index is 461. The Morgan fingerprint density at radius 1 is 1.53 bits per heavy atom. The van der Waals surface area contributed by atoms with Gasteiger partial charge in [0.25, 0.3) is 0 Å². The summed E-state index contributed by atoms with van der Waals surface area (Å²) in [4.78, 5) is 22.6. The average Bonchev–Trinajstić information content (AvgIpc) is 2.42. The summed E-state index contributed by atoms with van der Waals surface area (Å²) in [7, 11) is 0. The van der Waals surface area contributed by atoms with Crippen LogP contribution in [-0.2, 0) is 4.79 Å². The van der Waals surface area contributed by atoms with Crippen molar-refractivity contribution in [2.75, 3.05) is 18.0 Å². The first-order chi connectivity index (χ1) is 9.10. The molecule has 1 atom stereocenters. The van der Waals surface area contributed by atoms with Crippen molar-refractivity contribution < 1.29 is 4.79 Å².